The Hall–Kier alpha value is -0.940. The highest BCUT2D eigenvalue weighted by atomic mass is 16.5. The molecule has 1 N–H and O–H groups in total. The summed E-state index contributed by atoms with van der Waals surface area (Å²) in [5.74, 6) is 0.786. The molecule has 1 aromatic rings. The van der Waals surface area contributed by atoms with Gasteiger partial charge in [0.2, 0.25) is 0 Å². The molecule has 0 atom stereocenters. The molecule has 0 unspecified atom stereocenters. The van der Waals surface area contributed by atoms with Gasteiger partial charge in [0.25, 0.3) is 0 Å². The third-order valence-corrected chi connectivity index (χ3v) is 3.69. The summed E-state index contributed by atoms with van der Waals surface area (Å²) in [6.07, 6.45) is 8.85. The minimum absolute atomic E-state index is 0.737. The predicted octanol–water partition coefficient (Wildman–Crippen LogP) is 1.98. The van der Waals surface area contributed by atoms with Crippen LogP contribution in [0.3, 0.4) is 0 Å². The number of rotatable bonds is 8. The summed E-state index contributed by atoms with van der Waals surface area (Å²) in [4.78, 5) is 0. The van der Waals surface area contributed by atoms with Crippen molar-refractivity contribution in [3.05, 3.63) is 11.9 Å². The quantitative estimate of drug-likeness (QED) is 0.731. The molecular formula is C14H26N4O. The van der Waals surface area contributed by atoms with Gasteiger partial charge in [-0.15, -0.1) is 5.10 Å². The highest BCUT2D eigenvalue weighted by molar-refractivity contribution is 4.91. The normalized spacial score (nSPS) is 16.9. The summed E-state index contributed by atoms with van der Waals surface area (Å²) in [6.45, 7) is 6.28. The van der Waals surface area contributed by atoms with Crippen LogP contribution in [-0.2, 0) is 17.8 Å². The van der Waals surface area contributed by atoms with Crippen LogP contribution in [0, 0.1) is 5.92 Å². The van der Waals surface area contributed by atoms with Crippen molar-refractivity contribution in [2.24, 2.45) is 5.92 Å². The van der Waals surface area contributed by atoms with Crippen molar-refractivity contribution < 1.29 is 4.74 Å². The highest BCUT2D eigenvalue weighted by Gasteiger charge is 2.13. The zero-order chi connectivity index (χ0) is 13.3. The van der Waals surface area contributed by atoms with E-state index in [1.165, 1.54) is 32.1 Å². The van der Waals surface area contributed by atoms with Gasteiger partial charge in [-0.1, -0.05) is 31.4 Å². The third-order valence-electron chi connectivity index (χ3n) is 3.69. The van der Waals surface area contributed by atoms with Crippen LogP contribution in [0.15, 0.2) is 6.20 Å². The molecule has 1 aliphatic rings. The van der Waals surface area contributed by atoms with Crippen LogP contribution in [0.4, 0.5) is 0 Å². The van der Waals surface area contributed by atoms with E-state index in [-0.39, 0.29) is 0 Å². The van der Waals surface area contributed by atoms with Gasteiger partial charge in [-0.05, 0) is 25.3 Å². The molecule has 1 aromatic heterocycles. The van der Waals surface area contributed by atoms with Crippen LogP contribution in [0.25, 0.3) is 0 Å². The van der Waals surface area contributed by atoms with E-state index in [9.17, 15) is 0 Å². The third kappa shape index (κ3) is 5.28. The Morgan fingerprint density at radius 3 is 3.00 bits per heavy atom. The maximum absolute atomic E-state index is 5.76. The number of ether oxygens (including phenoxy) is 1. The van der Waals surface area contributed by atoms with Crippen molar-refractivity contribution in [1.29, 1.82) is 0 Å². The van der Waals surface area contributed by atoms with Gasteiger partial charge in [0, 0.05) is 19.3 Å². The first-order valence-corrected chi connectivity index (χ1v) is 7.56. The van der Waals surface area contributed by atoms with Crippen LogP contribution < -0.4 is 5.32 Å². The van der Waals surface area contributed by atoms with Gasteiger partial charge in [-0.3, -0.25) is 0 Å². The molecule has 108 valence electrons. The van der Waals surface area contributed by atoms with E-state index in [0.717, 1.165) is 44.5 Å². The van der Waals surface area contributed by atoms with Gasteiger partial charge in [-0.25, -0.2) is 4.68 Å². The lowest BCUT2D eigenvalue weighted by atomic mass is 9.90. The van der Waals surface area contributed by atoms with Crippen LogP contribution in [0.1, 0.15) is 44.7 Å². The van der Waals surface area contributed by atoms with E-state index in [2.05, 4.69) is 22.6 Å². The molecule has 0 spiro atoms. The molecule has 0 bridgehead atoms. The van der Waals surface area contributed by atoms with Crippen molar-refractivity contribution in [2.45, 2.75) is 52.1 Å². The van der Waals surface area contributed by atoms with E-state index in [0.29, 0.717) is 0 Å². The van der Waals surface area contributed by atoms with Crippen molar-refractivity contribution in [1.82, 2.24) is 20.3 Å². The largest absolute Gasteiger partial charge is 0.379 e. The second-order valence-corrected chi connectivity index (χ2v) is 5.33. The number of hydrogen-bond acceptors (Lipinski definition) is 4. The topological polar surface area (TPSA) is 52.0 Å². The summed E-state index contributed by atoms with van der Waals surface area (Å²) in [5.41, 5.74) is 0.995. The Morgan fingerprint density at radius 1 is 1.37 bits per heavy atom. The maximum atomic E-state index is 5.76. The Bertz CT molecular complexity index is 347. The fraction of sp³-hybridized carbons (Fsp3) is 0.857. The first kappa shape index (κ1) is 14.5. The SMILES string of the molecule is CCNCc1cn(CCOCC2CCCCC2)nn1. The molecule has 1 heterocycles. The fourth-order valence-electron chi connectivity index (χ4n) is 2.54. The van der Waals surface area contributed by atoms with Gasteiger partial charge >= 0.3 is 0 Å². The van der Waals surface area contributed by atoms with Gasteiger partial charge in [0.15, 0.2) is 0 Å². The fourth-order valence-corrected chi connectivity index (χ4v) is 2.54. The first-order valence-electron chi connectivity index (χ1n) is 7.56. The standard InChI is InChI=1S/C14H26N4O/c1-2-15-10-14-11-18(17-16-14)8-9-19-12-13-6-4-3-5-7-13/h11,13,15H,2-10,12H2,1H3. The van der Waals surface area contributed by atoms with E-state index >= 15 is 0 Å². The van der Waals surface area contributed by atoms with Crippen molar-refractivity contribution in [3.8, 4) is 0 Å². The second-order valence-electron chi connectivity index (χ2n) is 5.33. The van der Waals surface area contributed by atoms with Crippen LogP contribution in [0.2, 0.25) is 0 Å². The molecule has 0 aliphatic heterocycles. The number of nitrogens with zero attached hydrogens (tertiary/aromatic N) is 3. The Morgan fingerprint density at radius 2 is 2.21 bits per heavy atom. The molecule has 0 radical (unpaired) electrons. The second kappa shape index (κ2) is 8.27. The summed E-state index contributed by atoms with van der Waals surface area (Å²) in [6, 6.07) is 0. The van der Waals surface area contributed by atoms with Gasteiger partial charge in [0.1, 0.15) is 0 Å². The van der Waals surface area contributed by atoms with Gasteiger partial charge in [-0.2, -0.15) is 0 Å². The lowest BCUT2D eigenvalue weighted by Crippen LogP contribution is -2.15. The van der Waals surface area contributed by atoms with Gasteiger partial charge < -0.3 is 10.1 Å². The van der Waals surface area contributed by atoms with E-state index in [1.54, 1.807) is 0 Å². The van der Waals surface area contributed by atoms with Crippen LogP contribution >= 0.6 is 0 Å². The average Bonchev–Trinajstić information content (AvgIpc) is 2.90. The lowest BCUT2D eigenvalue weighted by molar-refractivity contribution is 0.0779. The summed E-state index contributed by atoms with van der Waals surface area (Å²) >= 11 is 0. The number of hydrogen-bond donors (Lipinski definition) is 1. The molecule has 19 heavy (non-hydrogen) atoms. The van der Waals surface area contributed by atoms with Crippen LogP contribution in [0.5, 0.6) is 0 Å². The molecule has 1 fully saturated rings. The number of nitrogens with one attached hydrogen (secondary N) is 1. The molecule has 2 rings (SSSR count). The predicted molar refractivity (Wildman–Crippen MR) is 74.8 cm³/mol. The smallest absolute Gasteiger partial charge is 0.0964 e. The monoisotopic (exact) mass is 266 g/mol. The number of aromatic nitrogens is 3. The Labute approximate surface area is 115 Å². The summed E-state index contributed by atoms with van der Waals surface area (Å²) < 4.78 is 7.63. The van der Waals surface area contributed by atoms with Gasteiger partial charge in [0.05, 0.1) is 18.8 Å². The molecule has 1 aliphatic carbocycles. The Kier molecular flexibility index (Phi) is 6.30. The molecule has 5 nitrogen and oxygen atoms in total. The van der Waals surface area contributed by atoms with E-state index < -0.39 is 0 Å². The van der Waals surface area contributed by atoms with Crippen molar-refractivity contribution in [3.63, 3.8) is 0 Å². The zero-order valence-electron chi connectivity index (χ0n) is 12.0. The molecule has 0 saturated heterocycles. The molecule has 1 saturated carbocycles. The van der Waals surface area contributed by atoms with E-state index in [1.807, 2.05) is 10.9 Å². The molecular weight excluding hydrogens is 240 g/mol. The molecule has 0 aromatic carbocycles. The zero-order valence-corrected chi connectivity index (χ0v) is 12.0. The minimum Gasteiger partial charge on any atom is -0.379 e. The summed E-state index contributed by atoms with van der Waals surface area (Å²) in [7, 11) is 0. The Balaban J connectivity index is 1.58. The first-order chi connectivity index (χ1) is 9.38. The highest BCUT2D eigenvalue weighted by Crippen LogP contribution is 2.23. The average molecular weight is 266 g/mol. The van der Waals surface area contributed by atoms with Crippen molar-refractivity contribution >= 4 is 0 Å². The molecule has 5 heteroatoms. The lowest BCUT2D eigenvalue weighted by Gasteiger charge is -2.21. The summed E-state index contributed by atoms with van der Waals surface area (Å²) in [5, 5.41) is 11.5. The maximum Gasteiger partial charge on any atom is 0.0964 e. The minimum atomic E-state index is 0.737. The van der Waals surface area contributed by atoms with Crippen LogP contribution in [-0.4, -0.2) is 34.8 Å². The molecule has 0 amide bonds. The van der Waals surface area contributed by atoms with E-state index in [4.69, 9.17) is 4.74 Å². The van der Waals surface area contributed by atoms with Crippen molar-refractivity contribution in [2.75, 3.05) is 19.8 Å².